The summed E-state index contributed by atoms with van der Waals surface area (Å²) in [5.41, 5.74) is 0.742. The molecule has 1 aromatic rings. The Hall–Kier alpha value is -1.69. The van der Waals surface area contributed by atoms with Gasteiger partial charge in [0.1, 0.15) is 0 Å². The molecule has 1 rings (SSSR count). The van der Waals surface area contributed by atoms with Crippen molar-refractivity contribution in [3.63, 3.8) is 0 Å². The van der Waals surface area contributed by atoms with Crippen molar-refractivity contribution in [3.05, 3.63) is 24.0 Å². The third-order valence-electron chi connectivity index (χ3n) is 1.91. The molecule has 0 saturated carbocycles. The van der Waals surface area contributed by atoms with E-state index < -0.39 is 0 Å². The molecule has 1 aromatic carbocycles. The molecule has 15 heavy (non-hydrogen) atoms. The number of ether oxygens (including phenoxy) is 1. The fraction of sp³-hybridized carbons (Fsp3) is 0.333. The van der Waals surface area contributed by atoms with Crippen molar-refractivity contribution in [1.29, 1.82) is 0 Å². The van der Waals surface area contributed by atoms with E-state index in [0.717, 1.165) is 12.1 Å². The van der Waals surface area contributed by atoms with Crippen LogP contribution in [0, 0.1) is 17.7 Å². The lowest BCUT2D eigenvalue weighted by atomic mass is 10.3. The molecule has 1 N–H and O–H groups in total. The first-order chi connectivity index (χ1) is 7.27. The molecule has 0 saturated heterocycles. The monoisotopic (exact) mass is 207 g/mol. The Balaban J connectivity index is 2.54. The zero-order valence-electron chi connectivity index (χ0n) is 8.93. The lowest BCUT2D eigenvalue weighted by molar-refractivity contribution is 0.386. The summed E-state index contributed by atoms with van der Waals surface area (Å²) in [4.78, 5) is 0. The quantitative estimate of drug-likeness (QED) is 0.605. The molecule has 0 amide bonds. The van der Waals surface area contributed by atoms with E-state index in [2.05, 4.69) is 17.2 Å². The molecular formula is C12H14FNO. The molecule has 2 nitrogen and oxygen atoms in total. The van der Waals surface area contributed by atoms with Crippen LogP contribution < -0.4 is 10.1 Å². The Morgan fingerprint density at radius 2 is 2.27 bits per heavy atom. The van der Waals surface area contributed by atoms with Crippen LogP contribution in [-0.4, -0.2) is 13.7 Å². The minimum atomic E-state index is -0.357. The molecule has 0 aliphatic heterocycles. The van der Waals surface area contributed by atoms with Gasteiger partial charge in [0.05, 0.1) is 7.11 Å². The largest absolute Gasteiger partial charge is 0.494 e. The summed E-state index contributed by atoms with van der Waals surface area (Å²) in [6.07, 6.45) is 0.754. The van der Waals surface area contributed by atoms with Crippen molar-refractivity contribution in [3.8, 4) is 17.6 Å². The molecule has 0 radical (unpaired) electrons. The third kappa shape index (κ3) is 3.51. The average Bonchev–Trinajstić information content (AvgIpc) is 2.25. The number of hydrogen-bond donors (Lipinski definition) is 1. The number of anilines is 1. The van der Waals surface area contributed by atoms with E-state index in [4.69, 9.17) is 4.74 Å². The van der Waals surface area contributed by atoms with Crippen LogP contribution in [0.25, 0.3) is 0 Å². The van der Waals surface area contributed by atoms with E-state index >= 15 is 0 Å². The van der Waals surface area contributed by atoms with Gasteiger partial charge in [0.25, 0.3) is 0 Å². The second kappa shape index (κ2) is 5.92. The van der Waals surface area contributed by atoms with Crippen LogP contribution in [0.4, 0.5) is 10.1 Å². The molecule has 0 atom stereocenters. The van der Waals surface area contributed by atoms with E-state index in [1.807, 2.05) is 0 Å². The topological polar surface area (TPSA) is 21.3 Å². The first-order valence-corrected chi connectivity index (χ1v) is 4.75. The van der Waals surface area contributed by atoms with Crippen LogP contribution in [0.5, 0.6) is 5.75 Å². The standard InChI is InChI=1S/C12H14FNO/c1-3-4-5-8-14-10-6-7-12(15-2)11(13)9-10/h6-7,9,14H,5,8H2,1-2H3. The summed E-state index contributed by atoms with van der Waals surface area (Å²) in [6, 6.07) is 4.79. The van der Waals surface area contributed by atoms with Gasteiger partial charge < -0.3 is 10.1 Å². The number of benzene rings is 1. The summed E-state index contributed by atoms with van der Waals surface area (Å²) in [5, 5.41) is 3.07. The van der Waals surface area contributed by atoms with Gasteiger partial charge in [0.15, 0.2) is 11.6 Å². The minimum Gasteiger partial charge on any atom is -0.494 e. The smallest absolute Gasteiger partial charge is 0.167 e. The maximum Gasteiger partial charge on any atom is 0.167 e. The molecule has 80 valence electrons. The Bertz CT molecular complexity index is 379. The van der Waals surface area contributed by atoms with Crippen LogP contribution in [0.15, 0.2) is 18.2 Å². The Labute approximate surface area is 89.4 Å². The van der Waals surface area contributed by atoms with Gasteiger partial charge in [-0.3, -0.25) is 0 Å². The molecule has 0 fully saturated rings. The molecule has 0 unspecified atom stereocenters. The van der Waals surface area contributed by atoms with Crippen molar-refractivity contribution in [2.24, 2.45) is 0 Å². The molecule has 0 heterocycles. The molecule has 0 spiro atoms. The van der Waals surface area contributed by atoms with Gasteiger partial charge in [0.2, 0.25) is 0 Å². The second-order valence-corrected chi connectivity index (χ2v) is 2.95. The van der Waals surface area contributed by atoms with Gasteiger partial charge in [-0.05, 0) is 19.1 Å². The van der Waals surface area contributed by atoms with Gasteiger partial charge in [-0.1, -0.05) is 0 Å². The maximum absolute atomic E-state index is 13.2. The van der Waals surface area contributed by atoms with Gasteiger partial charge in [-0.15, -0.1) is 11.8 Å². The van der Waals surface area contributed by atoms with Gasteiger partial charge in [-0.2, -0.15) is 0 Å². The number of nitrogens with one attached hydrogen (secondary N) is 1. The lowest BCUT2D eigenvalue weighted by Crippen LogP contribution is -2.01. The highest BCUT2D eigenvalue weighted by Crippen LogP contribution is 2.20. The molecule has 0 aromatic heterocycles. The highest BCUT2D eigenvalue weighted by molar-refractivity contribution is 5.47. The number of rotatable bonds is 4. The Morgan fingerprint density at radius 1 is 1.47 bits per heavy atom. The highest BCUT2D eigenvalue weighted by atomic mass is 19.1. The average molecular weight is 207 g/mol. The molecule has 0 aliphatic rings. The van der Waals surface area contributed by atoms with E-state index in [1.165, 1.54) is 13.2 Å². The summed E-state index contributed by atoms with van der Waals surface area (Å²) in [5.74, 6) is 5.63. The van der Waals surface area contributed by atoms with Crippen LogP contribution in [0.3, 0.4) is 0 Å². The van der Waals surface area contributed by atoms with Gasteiger partial charge in [0, 0.05) is 24.7 Å². The van der Waals surface area contributed by atoms with E-state index in [-0.39, 0.29) is 11.6 Å². The first-order valence-electron chi connectivity index (χ1n) is 4.75. The van der Waals surface area contributed by atoms with Crippen molar-refractivity contribution in [1.82, 2.24) is 0 Å². The van der Waals surface area contributed by atoms with E-state index in [0.29, 0.717) is 6.54 Å². The van der Waals surface area contributed by atoms with E-state index in [1.54, 1.807) is 19.1 Å². The fourth-order valence-electron chi connectivity index (χ4n) is 1.17. The molecular weight excluding hydrogens is 193 g/mol. The molecule has 0 bridgehead atoms. The summed E-state index contributed by atoms with van der Waals surface area (Å²) >= 11 is 0. The van der Waals surface area contributed by atoms with Crippen molar-refractivity contribution in [2.45, 2.75) is 13.3 Å². The van der Waals surface area contributed by atoms with Crippen LogP contribution in [0.1, 0.15) is 13.3 Å². The molecule has 0 aliphatic carbocycles. The van der Waals surface area contributed by atoms with Crippen molar-refractivity contribution >= 4 is 5.69 Å². The second-order valence-electron chi connectivity index (χ2n) is 2.95. The zero-order valence-corrected chi connectivity index (χ0v) is 8.93. The maximum atomic E-state index is 13.2. The zero-order chi connectivity index (χ0) is 11.1. The van der Waals surface area contributed by atoms with Gasteiger partial charge in [-0.25, -0.2) is 4.39 Å². The summed E-state index contributed by atoms with van der Waals surface area (Å²) < 4.78 is 18.1. The van der Waals surface area contributed by atoms with Crippen LogP contribution >= 0.6 is 0 Å². The fourth-order valence-corrected chi connectivity index (χ4v) is 1.17. The number of hydrogen-bond acceptors (Lipinski definition) is 2. The number of halogens is 1. The summed E-state index contributed by atoms with van der Waals surface area (Å²) in [6.45, 7) is 2.51. The highest BCUT2D eigenvalue weighted by Gasteiger charge is 2.02. The Kier molecular flexibility index (Phi) is 4.49. The predicted molar refractivity (Wildman–Crippen MR) is 59.5 cm³/mol. The Morgan fingerprint density at radius 3 is 2.87 bits per heavy atom. The minimum absolute atomic E-state index is 0.258. The SMILES string of the molecule is CC#CCCNc1ccc(OC)c(F)c1. The molecule has 3 heteroatoms. The lowest BCUT2D eigenvalue weighted by Gasteiger charge is -2.06. The third-order valence-corrected chi connectivity index (χ3v) is 1.91. The normalized spacial score (nSPS) is 9.00. The van der Waals surface area contributed by atoms with Gasteiger partial charge >= 0.3 is 0 Å². The van der Waals surface area contributed by atoms with Crippen molar-refractivity contribution < 1.29 is 9.13 Å². The van der Waals surface area contributed by atoms with Crippen LogP contribution in [-0.2, 0) is 0 Å². The first kappa shape index (κ1) is 11.4. The van der Waals surface area contributed by atoms with Crippen molar-refractivity contribution in [2.75, 3.05) is 19.0 Å². The van der Waals surface area contributed by atoms with E-state index in [9.17, 15) is 4.39 Å². The predicted octanol–water partition coefficient (Wildman–Crippen LogP) is 2.66. The summed E-state index contributed by atoms with van der Waals surface area (Å²) in [7, 11) is 1.45. The van der Waals surface area contributed by atoms with Crippen LogP contribution in [0.2, 0.25) is 0 Å². The number of methoxy groups -OCH3 is 1.